The first-order chi connectivity index (χ1) is 9.42. The van der Waals surface area contributed by atoms with Crippen molar-refractivity contribution in [2.75, 3.05) is 0 Å². The van der Waals surface area contributed by atoms with E-state index in [4.69, 9.17) is 9.84 Å². The van der Waals surface area contributed by atoms with Crippen LogP contribution in [0.1, 0.15) is 44.0 Å². The molecule has 6 nitrogen and oxygen atoms in total. The van der Waals surface area contributed by atoms with Gasteiger partial charge in [-0.2, -0.15) is 0 Å². The minimum atomic E-state index is -0.951. The van der Waals surface area contributed by atoms with Gasteiger partial charge >= 0.3 is 5.97 Å². The highest BCUT2D eigenvalue weighted by molar-refractivity contribution is 5.94. The first-order valence-corrected chi connectivity index (χ1v) is 6.57. The number of nitrogens with zero attached hydrogens (tertiary/aromatic N) is 1. The van der Waals surface area contributed by atoms with Crippen molar-refractivity contribution in [3.8, 4) is 5.88 Å². The van der Waals surface area contributed by atoms with Gasteiger partial charge in [0.2, 0.25) is 5.88 Å². The number of hydrogen-bond acceptors (Lipinski definition) is 4. The Bertz CT molecular complexity index is 476. The summed E-state index contributed by atoms with van der Waals surface area (Å²) in [5.74, 6) is -0.902. The van der Waals surface area contributed by atoms with Gasteiger partial charge < -0.3 is 15.2 Å². The molecule has 0 radical (unpaired) electrons. The van der Waals surface area contributed by atoms with Crippen LogP contribution in [0.25, 0.3) is 0 Å². The topological polar surface area (TPSA) is 88.5 Å². The quantitative estimate of drug-likeness (QED) is 0.795. The van der Waals surface area contributed by atoms with Gasteiger partial charge in [-0.1, -0.05) is 6.92 Å². The van der Waals surface area contributed by atoms with Gasteiger partial charge in [0, 0.05) is 23.9 Å². The molecule has 1 aromatic heterocycles. The van der Waals surface area contributed by atoms with Gasteiger partial charge in [0.1, 0.15) is 0 Å². The highest BCUT2D eigenvalue weighted by atomic mass is 16.5. The van der Waals surface area contributed by atoms with E-state index >= 15 is 0 Å². The zero-order valence-electron chi connectivity index (χ0n) is 11.9. The number of pyridine rings is 1. The standard InChI is InChI=1S/C14H20N2O4/c1-4-10(3)20-12-8-11(5-6-15-12)14(19)16-9(2)7-13(17)18/h5-6,8-10H,4,7H2,1-3H3,(H,16,19)(H,17,18). The molecule has 110 valence electrons. The van der Waals surface area contributed by atoms with Crippen LogP contribution in [0.3, 0.4) is 0 Å². The van der Waals surface area contributed by atoms with Gasteiger partial charge in [0.25, 0.3) is 5.91 Å². The molecule has 1 amide bonds. The number of carboxylic acids is 1. The Hall–Kier alpha value is -2.11. The molecule has 0 aromatic carbocycles. The lowest BCUT2D eigenvalue weighted by Gasteiger charge is -2.14. The van der Waals surface area contributed by atoms with E-state index in [1.54, 1.807) is 19.1 Å². The fourth-order valence-electron chi connectivity index (χ4n) is 1.52. The lowest BCUT2D eigenvalue weighted by molar-refractivity contribution is -0.137. The molecule has 2 N–H and O–H groups in total. The summed E-state index contributed by atoms with van der Waals surface area (Å²) < 4.78 is 5.54. The molecule has 1 rings (SSSR count). The van der Waals surface area contributed by atoms with E-state index < -0.39 is 12.0 Å². The first-order valence-electron chi connectivity index (χ1n) is 6.57. The summed E-state index contributed by atoms with van der Waals surface area (Å²) in [6.45, 7) is 5.56. The third kappa shape index (κ3) is 5.26. The predicted molar refractivity (Wildman–Crippen MR) is 73.8 cm³/mol. The third-order valence-corrected chi connectivity index (χ3v) is 2.75. The maximum absolute atomic E-state index is 12.0. The molecule has 0 aliphatic heterocycles. The van der Waals surface area contributed by atoms with Gasteiger partial charge in [0.15, 0.2) is 0 Å². The van der Waals surface area contributed by atoms with Crippen molar-refractivity contribution in [1.82, 2.24) is 10.3 Å². The smallest absolute Gasteiger partial charge is 0.305 e. The molecule has 1 heterocycles. The second-order valence-corrected chi connectivity index (χ2v) is 4.69. The lowest BCUT2D eigenvalue weighted by Crippen LogP contribution is -2.34. The van der Waals surface area contributed by atoms with Crippen molar-refractivity contribution in [1.29, 1.82) is 0 Å². The second-order valence-electron chi connectivity index (χ2n) is 4.69. The zero-order chi connectivity index (χ0) is 15.1. The Morgan fingerprint density at radius 2 is 2.15 bits per heavy atom. The van der Waals surface area contributed by atoms with Crippen LogP contribution >= 0.6 is 0 Å². The number of amides is 1. The van der Waals surface area contributed by atoms with Crippen molar-refractivity contribution in [2.45, 2.75) is 45.8 Å². The molecule has 1 aromatic rings. The minimum Gasteiger partial charge on any atom is -0.481 e. The van der Waals surface area contributed by atoms with Crippen LogP contribution in [0.4, 0.5) is 0 Å². The molecular weight excluding hydrogens is 260 g/mol. The number of carbonyl (C=O) groups is 2. The average molecular weight is 280 g/mol. The number of ether oxygens (including phenoxy) is 1. The van der Waals surface area contributed by atoms with Gasteiger partial charge in [-0.05, 0) is 26.3 Å². The Kier molecular flexibility index (Phi) is 5.96. The Labute approximate surface area is 118 Å². The van der Waals surface area contributed by atoms with Crippen LogP contribution < -0.4 is 10.1 Å². The van der Waals surface area contributed by atoms with Crippen molar-refractivity contribution >= 4 is 11.9 Å². The lowest BCUT2D eigenvalue weighted by atomic mass is 10.2. The van der Waals surface area contributed by atoms with Crippen molar-refractivity contribution in [3.05, 3.63) is 23.9 Å². The molecular formula is C14H20N2O4. The fraction of sp³-hybridized carbons (Fsp3) is 0.500. The highest BCUT2D eigenvalue weighted by Gasteiger charge is 2.13. The molecule has 0 aliphatic carbocycles. The minimum absolute atomic E-state index is 0.0201. The molecule has 0 spiro atoms. The SMILES string of the molecule is CCC(C)Oc1cc(C(=O)NC(C)CC(=O)O)ccn1. The number of nitrogens with one attached hydrogen (secondary N) is 1. The number of carboxylic acid groups (broad SMARTS) is 1. The van der Waals surface area contributed by atoms with Crippen LogP contribution in [0.15, 0.2) is 18.3 Å². The van der Waals surface area contributed by atoms with E-state index in [1.807, 2.05) is 13.8 Å². The normalized spacial score (nSPS) is 13.3. The molecule has 0 bridgehead atoms. The van der Waals surface area contributed by atoms with Gasteiger partial charge in [-0.25, -0.2) is 4.98 Å². The summed E-state index contributed by atoms with van der Waals surface area (Å²) in [5, 5.41) is 11.3. The highest BCUT2D eigenvalue weighted by Crippen LogP contribution is 2.12. The Morgan fingerprint density at radius 1 is 1.45 bits per heavy atom. The largest absolute Gasteiger partial charge is 0.481 e. The Morgan fingerprint density at radius 3 is 2.75 bits per heavy atom. The van der Waals surface area contributed by atoms with Crippen molar-refractivity contribution < 1.29 is 19.4 Å². The van der Waals surface area contributed by atoms with E-state index in [-0.39, 0.29) is 18.4 Å². The molecule has 6 heteroatoms. The molecule has 0 aliphatic rings. The molecule has 0 saturated heterocycles. The monoisotopic (exact) mass is 280 g/mol. The molecule has 0 fully saturated rings. The summed E-state index contributed by atoms with van der Waals surface area (Å²) in [6, 6.07) is 2.67. The predicted octanol–water partition coefficient (Wildman–Crippen LogP) is 1.85. The fourth-order valence-corrected chi connectivity index (χ4v) is 1.52. The first kappa shape index (κ1) is 15.9. The number of carbonyl (C=O) groups excluding carboxylic acids is 1. The number of hydrogen-bond donors (Lipinski definition) is 2. The molecule has 0 saturated carbocycles. The summed E-state index contributed by atoms with van der Waals surface area (Å²) in [4.78, 5) is 26.6. The van der Waals surface area contributed by atoms with E-state index in [1.165, 1.54) is 6.20 Å². The van der Waals surface area contributed by atoms with Crippen LogP contribution in [0, 0.1) is 0 Å². The van der Waals surface area contributed by atoms with E-state index in [0.29, 0.717) is 11.4 Å². The molecule has 2 atom stereocenters. The van der Waals surface area contributed by atoms with Crippen molar-refractivity contribution in [2.24, 2.45) is 0 Å². The number of aromatic nitrogens is 1. The van der Waals surface area contributed by atoms with E-state index in [0.717, 1.165) is 6.42 Å². The van der Waals surface area contributed by atoms with Gasteiger partial charge in [-0.15, -0.1) is 0 Å². The zero-order valence-corrected chi connectivity index (χ0v) is 11.9. The van der Waals surface area contributed by atoms with E-state index in [9.17, 15) is 9.59 Å². The maximum atomic E-state index is 12.0. The van der Waals surface area contributed by atoms with Crippen LogP contribution in [-0.2, 0) is 4.79 Å². The van der Waals surface area contributed by atoms with Gasteiger partial charge in [0.05, 0.1) is 12.5 Å². The summed E-state index contributed by atoms with van der Waals surface area (Å²) >= 11 is 0. The van der Waals surface area contributed by atoms with E-state index in [2.05, 4.69) is 10.3 Å². The molecule has 20 heavy (non-hydrogen) atoms. The third-order valence-electron chi connectivity index (χ3n) is 2.75. The maximum Gasteiger partial charge on any atom is 0.305 e. The number of rotatable bonds is 7. The molecule has 2 unspecified atom stereocenters. The summed E-state index contributed by atoms with van der Waals surface area (Å²) in [7, 11) is 0. The van der Waals surface area contributed by atoms with Gasteiger partial charge in [-0.3, -0.25) is 9.59 Å². The van der Waals surface area contributed by atoms with Crippen LogP contribution in [0.2, 0.25) is 0 Å². The number of aliphatic carboxylic acids is 1. The summed E-state index contributed by atoms with van der Waals surface area (Å²) in [6.07, 6.45) is 2.24. The van der Waals surface area contributed by atoms with Crippen LogP contribution in [0.5, 0.6) is 5.88 Å². The van der Waals surface area contributed by atoms with Crippen LogP contribution in [-0.4, -0.2) is 34.1 Å². The summed E-state index contributed by atoms with van der Waals surface area (Å²) in [5.41, 5.74) is 0.399. The average Bonchev–Trinajstić information content (AvgIpc) is 2.37. The second kappa shape index (κ2) is 7.47. The Balaban J connectivity index is 2.68. The van der Waals surface area contributed by atoms with Crippen molar-refractivity contribution in [3.63, 3.8) is 0 Å².